The molecule has 1 N–H and O–H groups in total. The number of fused-ring (bicyclic) bond motifs is 3. The van der Waals surface area contributed by atoms with Gasteiger partial charge in [0, 0.05) is 37.8 Å². The summed E-state index contributed by atoms with van der Waals surface area (Å²) in [5.41, 5.74) is 1.73. The van der Waals surface area contributed by atoms with Crippen molar-refractivity contribution in [3.05, 3.63) is 17.5 Å². The fraction of sp³-hybridized carbons (Fsp3) is 0.778. The van der Waals surface area contributed by atoms with Gasteiger partial charge in [0.2, 0.25) is 0 Å². The molecule has 0 radical (unpaired) electrons. The molecular formula is C18H28N4O2. The van der Waals surface area contributed by atoms with Gasteiger partial charge < -0.3 is 10.0 Å². The lowest BCUT2D eigenvalue weighted by Gasteiger charge is -2.36. The Morgan fingerprint density at radius 2 is 1.96 bits per heavy atom. The molecule has 1 amide bonds. The SMILES string of the molecule is CC(C)N1CCCn2nc(C(=O)N3[C@@H]4CC[C@H]3CC(O)C4)cc2C1. The summed E-state index contributed by atoms with van der Waals surface area (Å²) >= 11 is 0. The van der Waals surface area contributed by atoms with Crippen LogP contribution in [0.25, 0.3) is 0 Å². The first-order chi connectivity index (χ1) is 11.5. The van der Waals surface area contributed by atoms with Crippen molar-refractivity contribution in [3.8, 4) is 0 Å². The summed E-state index contributed by atoms with van der Waals surface area (Å²) in [6.45, 7) is 7.27. The van der Waals surface area contributed by atoms with Crippen LogP contribution in [0.2, 0.25) is 0 Å². The van der Waals surface area contributed by atoms with Crippen LogP contribution in [-0.2, 0) is 13.1 Å². The van der Waals surface area contributed by atoms with Gasteiger partial charge in [-0.1, -0.05) is 0 Å². The van der Waals surface area contributed by atoms with Gasteiger partial charge in [-0.25, -0.2) is 0 Å². The van der Waals surface area contributed by atoms with E-state index >= 15 is 0 Å². The molecule has 4 rings (SSSR count). The molecule has 0 spiro atoms. The van der Waals surface area contributed by atoms with E-state index in [1.54, 1.807) is 0 Å². The van der Waals surface area contributed by atoms with Crippen LogP contribution in [0.3, 0.4) is 0 Å². The van der Waals surface area contributed by atoms with Gasteiger partial charge >= 0.3 is 0 Å². The largest absolute Gasteiger partial charge is 0.393 e. The number of hydrogen-bond donors (Lipinski definition) is 1. The second-order valence-corrected chi connectivity index (χ2v) is 7.88. The zero-order valence-electron chi connectivity index (χ0n) is 14.7. The van der Waals surface area contributed by atoms with Gasteiger partial charge in [-0.2, -0.15) is 5.10 Å². The van der Waals surface area contributed by atoms with E-state index in [-0.39, 0.29) is 24.1 Å². The molecule has 2 saturated heterocycles. The molecule has 3 aliphatic heterocycles. The topological polar surface area (TPSA) is 61.6 Å². The number of amides is 1. The second kappa shape index (κ2) is 6.15. The molecule has 1 aromatic rings. The normalized spacial score (nSPS) is 30.5. The standard InChI is InChI=1S/C18H28N4O2/c1-12(2)20-6-3-7-21-15(11-20)10-17(19-21)18(24)22-13-4-5-14(22)9-16(23)8-13/h10,12-14,16,23H,3-9,11H2,1-2H3/t13-,14+,16?. The van der Waals surface area contributed by atoms with Crippen molar-refractivity contribution in [2.24, 2.45) is 0 Å². The number of carbonyl (C=O) groups is 1. The summed E-state index contributed by atoms with van der Waals surface area (Å²) in [5.74, 6) is 0.0612. The van der Waals surface area contributed by atoms with E-state index in [2.05, 4.69) is 23.8 Å². The fourth-order valence-electron chi connectivity index (χ4n) is 4.64. The molecule has 0 saturated carbocycles. The smallest absolute Gasteiger partial charge is 0.274 e. The lowest BCUT2D eigenvalue weighted by atomic mass is 9.99. The maximum Gasteiger partial charge on any atom is 0.274 e. The van der Waals surface area contributed by atoms with E-state index in [1.807, 2.05) is 15.6 Å². The molecule has 0 aliphatic carbocycles. The number of aliphatic hydroxyl groups is 1. The summed E-state index contributed by atoms with van der Waals surface area (Å²) in [7, 11) is 0. The Balaban J connectivity index is 1.56. The number of aryl methyl sites for hydroxylation is 1. The molecule has 0 aromatic carbocycles. The van der Waals surface area contributed by atoms with Gasteiger partial charge in [0.1, 0.15) is 0 Å². The molecule has 4 heterocycles. The maximum absolute atomic E-state index is 13.0. The Kier molecular flexibility index (Phi) is 4.12. The molecule has 1 aromatic heterocycles. The minimum absolute atomic E-state index is 0.0612. The van der Waals surface area contributed by atoms with Crippen LogP contribution in [-0.4, -0.2) is 61.4 Å². The van der Waals surface area contributed by atoms with Crippen molar-refractivity contribution < 1.29 is 9.90 Å². The van der Waals surface area contributed by atoms with Crippen molar-refractivity contribution in [1.29, 1.82) is 0 Å². The number of aromatic nitrogens is 2. The molecule has 3 aliphatic rings. The number of carbonyl (C=O) groups excluding carboxylic acids is 1. The number of rotatable bonds is 2. The van der Waals surface area contributed by atoms with Crippen molar-refractivity contribution >= 4 is 5.91 Å². The summed E-state index contributed by atoms with van der Waals surface area (Å²) < 4.78 is 2.02. The highest BCUT2D eigenvalue weighted by atomic mass is 16.3. The average Bonchev–Trinajstić information content (AvgIpc) is 2.97. The van der Waals surface area contributed by atoms with Crippen LogP contribution < -0.4 is 0 Å². The molecule has 2 bridgehead atoms. The van der Waals surface area contributed by atoms with Crippen LogP contribution in [0, 0.1) is 0 Å². The zero-order valence-corrected chi connectivity index (χ0v) is 14.7. The monoisotopic (exact) mass is 332 g/mol. The Morgan fingerprint density at radius 1 is 1.25 bits per heavy atom. The molecule has 6 nitrogen and oxygen atoms in total. The summed E-state index contributed by atoms with van der Waals surface area (Å²) in [5, 5.41) is 14.6. The lowest BCUT2D eigenvalue weighted by molar-refractivity contribution is 0.0282. The Bertz CT molecular complexity index is 613. The van der Waals surface area contributed by atoms with Crippen molar-refractivity contribution in [2.75, 3.05) is 6.54 Å². The first-order valence-corrected chi connectivity index (χ1v) is 9.34. The van der Waals surface area contributed by atoms with Crippen molar-refractivity contribution in [2.45, 2.75) is 83.3 Å². The molecule has 1 unspecified atom stereocenters. The fourth-order valence-corrected chi connectivity index (χ4v) is 4.64. The predicted molar refractivity (Wildman–Crippen MR) is 90.6 cm³/mol. The molecule has 3 atom stereocenters. The van der Waals surface area contributed by atoms with E-state index < -0.39 is 0 Å². The zero-order chi connectivity index (χ0) is 16.8. The van der Waals surface area contributed by atoms with E-state index in [1.165, 1.54) is 0 Å². The molecule has 132 valence electrons. The second-order valence-electron chi connectivity index (χ2n) is 7.88. The number of hydrogen-bond acceptors (Lipinski definition) is 4. The van der Waals surface area contributed by atoms with Gasteiger partial charge in [0.25, 0.3) is 5.91 Å². The Morgan fingerprint density at radius 3 is 2.62 bits per heavy atom. The minimum Gasteiger partial charge on any atom is -0.393 e. The summed E-state index contributed by atoms with van der Waals surface area (Å²) in [6.07, 6.45) is 4.30. The first kappa shape index (κ1) is 16.1. The van der Waals surface area contributed by atoms with E-state index in [0.717, 1.165) is 57.4 Å². The molecular weight excluding hydrogens is 304 g/mol. The number of aliphatic hydroxyl groups excluding tert-OH is 1. The summed E-state index contributed by atoms with van der Waals surface area (Å²) in [4.78, 5) is 17.5. The van der Waals surface area contributed by atoms with Crippen molar-refractivity contribution in [1.82, 2.24) is 19.6 Å². The van der Waals surface area contributed by atoms with Crippen molar-refractivity contribution in [3.63, 3.8) is 0 Å². The predicted octanol–water partition coefficient (Wildman–Crippen LogP) is 1.63. The van der Waals surface area contributed by atoms with E-state index in [4.69, 9.17) is 0 Å². The van der Waals surface area contributed by atoms with E-state index in [0.29, 0.717) is 11.7 Å². The number of nitrogens with zero attached hydrogens (tertiary/aromatic N) is 4. The Labute approximate surface area is 143 Å². The molecule has 2 fully saturated rings. The van der Waals surface area contributed by atoms with Gasteiger partial charge in [0.15, 0.2) is 5.69 Å². The van der Waals surface area contributed by atoms with Crippen LogP contribution in [0.1, 0.15) is 62.1 Å². The maximum atomic E-state index is 13.0. The first-order valence-electron chi connectivity index (χ1n) is 9.34. The average molecular weight is 332 g/mol. The third kappa shape index (κ3) is 2.75. The third-order valence-corrected chi connectivity index (χ3v) is 5.94. The number of piperidine rings is 1. The van der Waals surface area contributed by atoms with Crippen LogP contribution in [0.5, 0.6) is 0 Å². The third-order valence-electron chi connectivity index (χ3n) is 5.94. The Hall–Kier alpha value is -1.40. The van der Waals surface area contributed by atoms with Gasteiger partial charge in [-0.3, -0.25) is 14.4 Å². The molecule has 6 heteroatoms. The highest BCUT2D eigenvalue weighted by molar-refractivity contribution is 5.93. The highest BCUT2D eigenvalue weighted by Crippen LogP contribution is 2.36. The van der Waals surface area contributed by atoms with Gasteiger partial charge in [0.05, 0.1) is 11.8 Å². The lowest BCUT2D eigenvalue weighted by Crippen LogP contribution is -2.48. The van der Waals surface area contributed by atoms with Gasteiger partial charge in [-0.05, 0) is 52.0 Å². The summed E-state index contributed by atoms with van der Waals surface area (Å²) in [6, 6.07) is 2.89. The minimum atomic E-state index is -0.245. The highest BCUT2D eigenvalue weighted by Gasteiger charge is 2.43. The molecule has 24 heavy (non-hydrogen) atoms. The van der Waals surface area contributed by atoms with Crippen LogP contribution >= 0.6 is 0 Å². The van der Waals surface area contributed by atoms with Crippen LogP contribution in [0.4, 0.5) is 0 Å². The van der Waals surface area contributed by atoms with Gasteiger partial charge in [-0.15, -0.1) is 0 Å². The quantitative estimate of drug-likeness (QED) is 0.894. The van der Waals surface area contributed by atoms with E-state index in [9.17, 15) is 9.90 Å². The van der Waals surface area contributed by atoms with Crippen LogP contribution in [0.15, 0.2) is 6.07 Å².